The number of halogens is 1. The molecule has 0 aliphatic carbocycles. The first-order valence-corrected chi connectivity index (χ1v) is 11.6. The predicted molar refractivity (Wildman–Crippen MR) is 123 cm³/mol. The Morgan fingerprint density at radius 3 is 2.63 bits per heavy atom. The number of thiazole rings is 1. The molecule has 3 rings (SSSR count). The van der Waals surface area contributed by atoms with Gasteiger partial charge >= 0.3 is 0 Å². The number of methoxy groups -OCH3 is 1. The number of nitrogens with zero attached hydrogens (tertiary/aromatic N) is 1. The lowest BCUT2D eigenvalue weighted by Gasteiger charge is -2.07. The molecule has 5 nitrogen and oxygen atoms in total. The maximum Gasteiger partial charge on any atom is 0.230 e. The van der Waals surface area contributed by atoms with Crippen LogP contribution in [0.1, 0.15) is 28.5 Å². The van der Waals surface area contributed by atoms with Crippen LogP contribution < -0.4 is 10.1 Å². The van der Waals surface area contributed by atoms with Crippen molar-refractivity contribution >= 4 is 52.1 Å². The molecule has 1 heterocycles. The van der Waals surface area contributed by atoms with Gasteiger partial charge in [0.2, 0.25) is 5.91 Å². The molecule has 0 saturated heterocycles. The number of rotatable bonds is 9. The van der Waals surface area contributed by atoms with Crippen molar-refractivity contribution in [1.29, 1.82) is 0 Å². The van der Waals surface area contributed by atoms with E-state index in [1.54, 1.807) is 18.2 Å². The summed E-state index contributed by atoms with van der Waals surface area (Å²) in [6, 6.07) is 12.8. The summed E-state index contributed by atoms with van der Waals surface area (Å²) in [5.41, 5.74) is 3.17. The van der Waals surface area contributed by atoms with Gasteiger partial charge in [-0.15, -0.1) is 11.3 Å². The Bertz CT molecular complexity index is 1040. The molecule has 0 aliphatic rings. The van der Waals surface area contributed by atoms with E-state index in [1.165, 1.54) is 35.8 Å². The standard InChI is InChI=1S/C22H21ClN2O3S2/c1-3-14-4-6-15(7-5-14)19(26)13-30-22-25-17(12-29-22)11-21(27)24-16-8-9-20(28-2)18(23)10-16/h4-10,12H,3,11,13H2,1-2H3,(H,24,27). The number of ketones is 1. The fraction of sp³-hybridized carbons (Fsp3) is 0.227. The highest BCUT2D eigenvalue weighted by Gasteiger charge is 2.12. The lowest BCUT2D eigenvalue weighted by molar-refractivity contribution is -0.115. The molecule has 0 spiro atoms. The average Bonchev–Trinajstić information content (AvgIpc) is 3.19. The van der Waals surface area contributed by atoms with Gasteiger partial charge in [-0.3, -0.25) is 9.59 Å². The first-order chi connectivity index (χ1) is 14.5. The van der Waals surface area contributed by atoms with E-state index >= 15 is 0 Å². The van der Waals surface area contributed by atoms with Gasteiger partial charge in [0, 0.05) is 16.6 Å². The number of aromatic nitrogens is 1. The van der Waals surface area contributed by atoms with E-state index in [1.807, 2.05) is 29.6 Å². The number of amides is 1. The van der Waals surface area contributed by atoms with Gasteiger partial charge < -0.3 is 10.1 Å². The summed E-state index contributed by atoms with van der Waals surface area (Å²) in [4.78, 5) is 29.1. The van der Waals surface area contributed by atoms with Crippen molar-refractivity contribution in [3.05, 3.63) is 69.7 Å². The molecule has 30 heavy (non-hydrogen) atoms. The van der Waals surface area contributed by atoms with Crippen LogP contribution in [0, 0.1) is 0 Å². The number of carbonyl (C=O) groups excluding carboxylic acids is 2. The number of benzene rings is 2. The number of hydrogen-bond acceptors (Lipinski definition) is 6. The summed E-state index contributed by atoms with van der Waals surface area (Å²) in [7, 11) is 1.53. The van der Waals surface area contributed by atoms with Crippen molar-refractivity contribution in [1.82, 2.24) is 4.98 Å². The molecule has 1 aromatic heterocycles. The molecule has 1 amide bonds. The number of Topliss-reactive ketones (excluding diaryl/α,β-unsaturated/α-hetero) is 1. The van der Waals surface area contributed by atoms with Crippen molar-refractivity contribution in [3.8, 4) is 5.75 Å². The maximum absolute atomic E-state index is 12.4. The molecule has 0 radical (unpaired) electrons. The van der Waals surface area contributed by atoms with Crippen LogP contribution in [0.3, 0.4) is 0 Å². The van der Waals surface area contributed by atoms with Crippen LogP contribution in [-0.2, 0) is 17.6 Å². The number of thioether (sulfide) groups is 1. The molecule has 3 aromatic rings. The van der Waals surface area contributed by atoms with Gasteiger partial charge in [0.25, 0.3) is 0 Å². The van der Waals surface area contributed by atoms with Crippen LogP contribution in [0.25, 0.3) is 0 Å². The van der Waals surface area contributed by atoms with Gasteiger partial charge in [-0.1, -0.05) is 54.6 Å². The van der Waals surface area contributed by atoms with Gasteiger partial charge in [-0.05, 0) is 30.2 Å². The van der Waals surface area contributed by atoms with E-state index in [0.29, 0.717) is 33.5 Å². The Balaban J connectivity index is 1.51. The number of nitrogens with one attached hydrogen (secondary N) is 1. The van der Waals surface area contributed by atoms with Gasteiger partial charge in [-0.2, -0.15) is 0 Å². The van der Waals surface area contributed by atoms with Crippen LogP contribution in [0.2, 0.25) is 5.02 Å². The van der Waals surface area contributed by atoms with Crippen molar-refractivity contribution in [2.75, 3.05) is 18.2 Å². The first-order valence-electron chi connectivity index (χ1n) is 9.31. The molecular formula is C22H21ClN2O3S2. The third-order valence-electron chi connectivity index (χ3n) is 4.32. The highest BCUT2D eigenvalue weighted by molar-refractivity contribution is 8.01. The Labute approximate surface area is 188 Å². The number of anilines is 1. The lowest BCUT2D eigenvalue weighted by Crippen LogP contribution is -2.14. The van der Waals surface area contributed by atoms with Gasteiger partial charge in [-0.25, -0.2) is 4.98 Å². The fourth-order valence-electron chi connectivity index (χ4n) is 2.69. The zero-order valence-corrected chi connectivity index (χ0v) is 19.0. The van der Waals surface area contributed by atoms with E-state index in [-0.39, 0.29) is 18.1 Å². The SMILES string of the molecule is CCc1ccc(C(=O)CSc2nc(CC(=O)Nc3ccc(OC)c(Cl)c3)cs2)cc1. The molecule has 8 heteroatoms. The van der Waals surface area contributed by atoms with E-state index < -0.39 is 0 Å². The molecule has 0 saturated carbocycles. The second-order valence-corrected chi connectivity index (χ2v) is 8.93. The summed E-state index contributed by atoms with van der Waals surface area (Å²) in [6.45, 7) is 2.08. The summed E-state index contributed by atoms with van der Waals surface area (Å²) >= 11 is 8.90. The maximum atomic E-state index is 12.4. The summed E-state index contributed by atoms with van der Waals surface area (Å²) in [5, 5.41) is 5.06. The minimum Gasteiger partial charge on any atom is -0.495 e. The molecule has 0 atom stereocenters. The third kappa shape index (κ3) is 6.08. The molecule has 0 unspecified atom stereocenters. The predicted octanol–water partition coefficient (Wildman–Crippen LogP) is 5.52. The van der Waals surface area contributed by atoms with Crippen LogP contribution in [0.15, 0.2) is 52.2 Å². The van der Waals surface area contributed by atoms with E-state index in [4.69, 9.17) is 16.3 Å². The zero-order chi connectivity index (χ0) is 21.5. The number of ether oxygens (including phenoxy) is 1. The second-order valence-electron chi connectivity index (χ2n) is 6.44. The molecule has 0 fully saturated rings. The van der Waals surface area contributed by atoms with Crippen LogP contribution >= 0.6 is 34.7 Å². The quantitative estimate of drug-likeness (QED) is 0.336. The molecule has 2 aromatic carbocycles. The Morgan fingerprint density at radius 2 is 1.97 bits per heavy atom. The lowest BCUT2D eigenvalue weighted by atomic mass is 10.1. The Hall–Kier alpha value is -2.35. The van der Waals surface area contributed by atoms with Gasteiger partial charge in [0.05, 0.1) is 30.0 Å². The molecule has 156 valence electrons. The van der Waals surface area contributed by atoms with Crippen molar-refractivity contribution in [2.24, 2.45) is 0 Å². The summed E-state index contributed by atoms with van der Waals surface area (Å²) in [5.74, 6) is 0.736. The van der Waals surface area contributed by atoms with Crippen LogP contribution in [-0.4, -0.2) is 29.5 Å². The second kappa shape index (κ2) is 10.6. The Kier molecular flexibility index (Phi) is 7.90. The van der Waals surface area contributed by atoms with E-state index in [9.17, 15) is 9.59 Å². The highest BCUT2D eigenvalue weighted by atomic mass is 35.5. The van der Waals surface area contributed by atoms with Crippen molar-refractivity contribution in [2.45, 2.75) is 24.1 Å². The molecular weight excluding hydrogens is 440 g/mol. The largest absolute Gasteiger partial charge is 0.495 e. The Morgan fingerprint density at radius 1 is 1.20 bits per heavy atom. The van der Waals surface area contributed by atoms with E-state index in [0.717, 1.165) is 10.8 Å². The van der Waals surface area contributed by atoms with Crippen molar-refractivity contribution in [3.63, 3.8) is 0 Å². The average molecular weight is 461 g/mol. The molecule has 0 bridgehead atoms. The van der Waals surface area contributed by atoms with Gasteiger partial charge in [0.1, 0.15) is 5.75 Å². The van der Waals surface area contributed by atoms with Gasteiger partial charge in [0.15, 0.2) is 10.1 Å². The monoisotopic (exact) mass is 460 g/mol. The topological polar surface area (TPSA) is 68.3 Å². The normalized spacial score (nSPS) is 10.6. The number of hydrogen-bond donors (Lipinski definition) is 1. The third-order valence-corrected chi connectivity index (χ3v) is 6.68. The summed E-state index contributed by atoms with van der Waals surface area (Å²) < 4.78 is 5.87. The minimum absolute atomic E-state index is 0.0635. The van der Waals surface area contributed by atoms with E-state index in [2.05, 4.69) is 17.2 Å². The van der Waals surface area contributed by atoms with Crippen LogP contribution in [0.4, 0.5) is 5.69 Å². The molecule has 0 aliphatic heterocycles. The van der Waals surface area contributed by atoms with Crippen molar-refractivity contribution < 1.29 is 14.3 Å². The summed E-state index contributed by atoms with van der Waals surface area (Å²) in [6.07, 6.45) is 1.09. The fourth-order valence-corrected chi connectivity index (χ4v) is 4.68. The number of aryl methyl sites for hydroxylation is 1. The highest BCUT2D eigenvalue weighted by Crippen LogP contribution is 2.27. The smallest absolute Gasteiger partial charge is 0.230 e. The number of carbonyl (C=O) groups is 2. The zero-order valence-electron chi connectivity index (χ0n) is 16.6. The first kappa shape index (κ1) is 22.3. The van der Waals surface area contributed by atoms with Crippen LogP contribution in [0.5, 0.6) is 5.75 Å². The minimum atomic E-state index is -0.190. The molecule has 1 N–H and O–H groups in total.